The van der Waals surface area contributed by atoms with Crippen LogP contribution in [0.1, 0.15) is 39.4 Å². The number of thioether (sulfide) groups is 2. The molecule has 6 heteroatoms. The van der Waals surface area contributed by atoms with Gasteiger partial charge in [0.25, 0.3) is 5.91 Å². The first-order chi connectivity index (χ1) is 13.0. The lowest BCUT2D eigenvalue weighted by atomic mass is 10.1. The van der Waals surface area contributed by atoms with Gasteiger partial charge in [0.15, 0.2) is 6.10 Å². The molecule has 0 spiro atoms. The summed E-state index contributed by atoms with van der Waals surface area (Å²) in [5.41, 5.74) is 3.35. The molecule has 0 bridgehead atoms. The molecule has 1 unspecified atom stereocenters. The van der Waals surface area contributed by atoms with Gasteiger partial charge in [0.1, 0.15) is 0 Å². The minimum absolute atomic E-state index is 0.343. The number of para-hydroxylation sites is 1. The number of rotatable bonds is 5. The highest BCUT2D eigenvalue weighted by Crippen LogP contribution is 2.43. The van der Waals surface area contributed by atoms with Gasteiger partial charge >= 0.3 is 5.97 Å². The molecule has 1 atom stereocenters. The van der Waals surface area contributed by atoms with Crippen molar-refractivity contribution in [2.75, 3.05) is 16.8 Å². The van der Waals surface area contributed by atoms with Gasteiger partial charge in [0.2, 0.25) is 0 Å². The van der Waals surface area contributed by atoms with Gasteiger partial charge in [-0.05, 0) is 61.1 Å². The van der Waals surface area contributed by atoms with Crippen LogP contribution in [-0.2, 0) is 9.53 Å². The maximum atomic E-state index is 12.4. The Balaban J connectivity index is 1.57. The van der Waals surface area contributed by atoms with E-state index in [9.17, 15) is 9.59 Å². The number of nitrogens with one attached hydrogen (secondary N) is 1. The van der Waals surface area contributed by atoms with Crippen LogP contribution in [0.5, 0.6) is 0 Å². The number of hydrogen-bond donors (Lipinski definition) is 1. The zero-order valence-electron chi connectivity index (χ0n) is 15.4. The number of amides is 1. The smallest absolute Gasteiger partial charge is 0.338 e. The fraction of sp³-hybridized carbons (Fsp3) is 0.333. The molecule has 1 amide bonds. The molecule has 1 N–H and O–H groups in total. The third-order valence-corrected chi connectivity index (χ3v) is 7.32. The fourth-order valence-electron chi connectivity index (χ4n) is 2.69. The number of esters is 1. The van der Waals surface area contributed by atoms with Gasteiger partial charge in [-0.25, -0.2) is 4.79 Å². The Labute approximate surface area is 168 Å². The molecule has 0 aromatic heterocycles. The summed E-state index contributed by atoms with van der Waals surface area (Å²) in [6.45, 7) is 3.49. The summed E-state index contributed by atoms with van der Waals surface area (Å²) in [4.78, 5) is 24.7. The Kier molecular flexibility index (Phi) is 6.85. The highest BCUT2D eigenvalue weighted by atomic mass is 32.2. The SMILES string of the molecule is Cc1ccccc1NC(=O)C(C)OC(=O)c1ccc(C2SCCCS2)cc1. The molecule has 2 aromatic carbocycles. The van der Waals surface area contributed by atoms with Crippen molar-refractivity contribution < 1.29 is 14.3 Å². The Morgan fingerprint density at radius 3 is 2.41 bits per heavy atom. The number of hydrogen-bond acceptors (Lipinski definition) is 5. The van der Waals surface area contributed by atoms with E-state index in [1.54, 1.807) is 19.1 Å². The molecule has 1 aliphatic rings. The van der Waals surface area contributed by atoms with Crippen molar-refractivity contribution in [1.82, 2.24) is 0 Å². The summed E-state index contributed by atoms with van der Waals surface area (Å²) in [6, 6.07) is 15.0. The molecule has 1 saturated heterocycles. The number of carbonyl (C=O) groups is 2. The molecule has 1 aliphatic heterocycles. The van der Waals surface area contributed by atoms with Crippen molar-refractivity contribution in [2.45, 2.75) is 31.0 Å². The first-order valence-corrected chi connectivity index (χ1v) is 11.0. The van der Waals surface area contributed by atoms with E-state index in [-0.39, 0.29) is 5.91 Å². The summed E-state index contributed by atoms with van der Waals surface area (Å²) >= 11 is 3.88. The quantitative estimate of drug-likeness (QED) is 0.711. The van der Waals surface area contributed by atoms with E-state index in [1.165, 1.54) is 23.5 Å². The van der Waals surface area contributed by atoms with E-state index in [1.807, 2.05) is 66.8 Å². The second-order valence-corrected chi connectivity index (χ2v) is 9.13. The molecule has 27 heavy (non-hydrogen) atoms. The summed E-state index contributed by atoms with van der Waals surface area (Å²) in [6.07, 6.45) is 0.375. The Bertz CT molecular complexity index is 801. The fourth-order valence-corrected chi connectivity index (χ4v) is 5.58. The van der Waals surface area contributed by atoms with Crippen LogP contribution in [0.2, 0.25) is 0 Å². The maximum Gasteiger partial charge on any atom is 0.338 e. The van der Waals surface area contributed by atoms with Crippen molar-refractivity contribution in [3.63, 3.8) is 0 Å². The van der Waals surface area contributed by atoms with Crippen LogP contribution in [0.15, 0.2) is 48.5 Å². The second kappa shape index (κ2) is 9.33. The van der Waals surface area contributed by atoms with Crippen molar-refractivity contribution in [1.29, 1.82) is 0 Å². The highest BCUT2D eigenvalue weighted by Gasteiger charge is 2.21. The standard InChI is InChI=1S/C21H23NO3S2/c1-14-6-3-4-7-18(14)22-19(23)15(2)25-20(24)16-8-10-17(11-9-16)21-26-12-5-13-27-21/h3-4,6-11,15,21H,5,12-13H2,1-2H3,(H,22,23). The van der Waals surface area contributed by atoms with Crippen LogP contribution < -0.4 is 5.32 Å². The topological polar surface area (TPSA) is 55.4 Å². The van der Waals surface area contributed by atoms with Gasteiger partial charge in [0, 0.05) is 5.69 Å². The Morgan fingerprint density at radius 2 is 1.74 bits per heavy atom. The van der Waals surface area contributed by atoms with Crippen molar-refractivity contribution in [3.05, 3.63) is 65.2 Å². The molecule has 3 rings (SSSR count). The van der Waals surface area contributed by atoms with Crippen molar-refractivity contribution in [2.24, 2.45) is 0 Å². The van der Waals surface area contributed by atoms with Gasteiger partial charge in [0.05, 0.1) is 10.1 Å². The molecule has 0 saturated carbocycles. The highest BCUT2D eigenvalue weighted by molar-refractivity contribution is 8.16. The van der Waals surface area contributed by atoms with Gasteiger partial charge in [-0.15, -0.1) is 23.5 Å². The summed E-state index contributed by atoms with van der Waals surface area (Å²) < 4.78 is 5.77. The number of carbonyl (C=O) groups excluding carboxylic acids is 2. The first kappa shape index (κ1) is 19.8. The molecule has 2 aromatic rings. The van der Waals surface area contributed by atoms with Gasteiger partial charge in [-0.2, -0.15) is 0 Å². The first-order valence-electron chi connectivity index (χ1n) is 8.95. The average molecular weight is 402 g/mol. The molecule has 142 valence electrons. The van der Waals surface area contributed by atoms with E-state index in [0.717, 1.165) is 11.3 Å². The lowest BCUT2D eigenvalue weighted by molar-refractivity contribution is -0.123. The van der Waals surface area contributed by atoms with E-state index >= 15 is 0 Å². The average Bonchev–Trinajstić information content (AvgIpc) is 2.70. The zero-order chi connectivity index (χ0) is 19.2. The Morgan fingerprint density at radius 1 is 1.07 bits per heavy atom. The lowest BCUT2D eigenvalue weighted by Crippen LogP contribution is -2.30. The predicted octanol–water partition coefficient (Wildman–Crippen LogP) is 5.05. The summed E-state index contributed by atoms with van der Waals surface area (Å²) in [5, 5.41) is 2.80. The predicted molar refractivity (Wildman–Crippen MR) is 113 cm³/mol. The minimum atomic E-state index is -0.874. The number of ether oxygens (including phenoxy) is 1. The number of anilines is 1. The van der Waals surface area contributed by atoms with Crippen molar-refractivity contribution >= 4 is 41.1 Å². The largest absolute Gasteiger partial charge is 0.449 e. The number of benzene rings is 2. The molecular weight excluding hydrogens is 378 g/mol. The molecule has 0 aliphatic carbocycles. The maximum absolute atomic E-state index is 12.4. The minimum Gasteiger partial charge on any atom is -0.449 e. The van der Waals surface area contributed by atoms with Crippen LogP contribution in [0.3, 0.4) is 0 Å². The normalized spacial score (nSPS) is 15.8. The van der Waals surface area contributed by atoms with E-state index < -0.39 is 12.1 Å². The van der Waals surface area contributed by atoms with Gasteiger partial charge < -0.3 is 10.1 Å². The third-order valence-electron chi connectivity index (χ3n) is 4.30. The number of aryl methyl sites for hydroxylation is 1. The van der Waals surface area contributed by atoms with Crippen molar-refractivity contribution in [3.8, 4) is 0 Å². The van der Waals surface area contributed by atoms with E-state index in [0.29, 0.717) is 10.1 Å². The van der Waals surface area contributed by atoms with Crippen LogP contribution >= 0.6 is 23.5 Å². The van der Waals surface area contributed by atoms with Crippen LogP contribution in [0.25, 0.3) is 0 Å². The third kappa shape index (κ3) is 5.30. The van der Waals surface area contributed by atoms with Gasteiger partial charge in [-0.1, -0.05) is 30.3 Å². The van der Waals surface area contributed by atoms with E-state index in [4.69, 9.17) is 4.74 Å². The summed E-state index contributed by atoms with van der Waals surface area (Å²) in [5.74, 6) is 1.52. The van der Waals surface area contributed by atoms with Crippen LogP contribution in [0, 0.1) is 6.92 Å². The Hall–Kier alpha value is -1.92. The molecule has 4 nitrogen and oxygen atoms in total. The molecule has 1 fully saturated rings. The van der Waals surface area contributed by atoms with Crippen LogP contribution in [-0.4, -0.2) is 29.5 Å². The molecule has 0 radical (unpaired) electrons. The van der Waals surface area contributed by atoms with Gasteiger partial charge in [-0.3, -0.25) is 4.79 Å². The molecule has 1 heterocycles. The lowest BCUT2D eigenvalue weighted by Gasteiger charge is -2.21. The molecular formula is C21H23NO3S2. The second-order valence-electron chi connectivity index (χ2n) is 6.40. The zero-order valence-corrected chi connectivity index (χ0v) is 17.1. The summed E-state index contributed by atoms with van der Waals surface area (Å²) in [7, 11) is 0. The van der Waals surface area contributed by atoms with Crippen LogP contribution in [0.4, 0.5) is 5.69 Å². The van der Waals surface area contributed by atoms with E-state index in [2.05, 4.69) is 5.32 Å². The monoisotopic (exact) mass is 401 g/mol.